The van der Waals surface area contributed by atoms with Gasteiger partial charge in [0.2, 0.25) is 0 Å². The molecule has 1 aromatic rings. The van der Waals surface area contributed by atoms with E-state index in [4.69, 9.17) is 0 Å². The fourth-order valence-electron chi connectivity index (χ4n) is 3.82. The molecule has 3 unspecified atom stereocenters. The van der Waals surface area contributed by atoms with E-state index in [1.54, 1.807) is 5.56 Å². The van der Waals surface area contributed by atoms with Crippen LogP contribution in [0.3, 0.4) is 0 Å². The molecule has 0 saturated heterocycles. The van der Waals surface area contributed by atoms with Crippen molar-refractivity contribution in [3.05, 3.63) is 35.9 Å². The molecule has 0 amide bonds. The maximum atomic E-state index is 3.75. The second-order valence-electron chi connectivity index (χ2n) is 6.29. The van der Waals surface area contributed by atoms with Crippen LogP contribution in [0.4, 0.5) is 0 Å². The van der Waals surface area contributed by atoms with Crippen molar-refractivity contribution in [2.45, 2.75) is 58.4 Å². The van der Waals surface area contributed by atoms with Gasteiger partial charge in [-0.25, -0.2) is 0 Å². The van der Waals surface area contributed by atoms with Gasteiger partial charge in [0, 0.05) is 6.04 Å². The Balaban J connectivity index is 2.19. The van der Waals surface area contributed by atoms with Gasteiger partial charge in [0.1, 0.15) is 0 Å². The van der Waals surface area contributed by atoms with Crippen LogP contribution in [0.15, 0.2) is 30.3 Å². The molecule has 0 aliphatic heterocycles. The molecule has 3 atom stereocenters. The first kappa shape index (κ1) is 14.6. The van der Waals surface area contributed by atoms with Crippen LogP contribution >= 0.6 is 0 Å². The lowest BCUT2D eigenvalue weighted by molar-refractivity contribution is 0.197. The van der Waals surface area contributed by atoms with Crippen molar-refractivity contribution in [1.29, 1.82) is 0 Å². The van der Waals surface area contributed by atoms with E-state index in [1.807, 2.05) is 0 Å². The molecule has 106 valence electrons. The highest BCUT2D eigenvalue weighted by Crippen LogP contribution is 2.41. The molecule has 2 rings (SSSR count). The number of rotatable bonds is 5. The van der Waals surface area contributed by atoms with Gasteiger partial charge < -0.3 is 5.32 Å². The molecule has 0 spiro atoms. The molecule has 1 fully saturated rings. The highest BCUT2D eigenvalue weighted by molar-refractivity contribution is 5.21. The van der Waals surface area contributed by atoms with E-state index in [-0.39, 0.29) is 0 Å². The number of hydrogen-bond acceptors (Lipinski definition) is 1. The van der Waals surface area contributed by atoms with Crippen LogP contribution in [0.2, 0.25) is 0 Å². The third kappa shape index (κ3) is 3.60. The Labute approximate surface area is 118 Å². The van der Waals surface area contributed by atoms with Crippen molar-refractivity contribution in [1.82, 2.24) is 5.32 Å². The average Bonchev–Trinajstić information content (AvgIpc) is 2.45. The van der Waals surface area contributed by atoms with Gasteiger partial charge in [-0.05, 0) is 42.7 Å². The van der Waals surface area contributed by atoms with E-state index in [1.165, 1.54) is 25.7 Å². The molecule has 0 heterocycles. The number of nitrogens with one attached hydrogen (secondary N) is 1. The van der Waals surface area contributed by atoms with E-state index < -0.39 is 0 Å². The topological polar surface area (TPSA) is 12.0 Å². The predicted octanol–water partition coefficient (Wildman–Crippen LogP) is 4.59. The summed E-state index contributed by atoms with van der Waals surface area (Å²) in [5.41, 5.74) is 1.55. The Morgan fingerprint density at radius 2 is 1.79 bits per heavy atom. The van der Waals surface area contributed by atoms with Crippen molar-refractivity contribution < 1.29 is 0 Å². The Morgan fingerprint density at radius 3 is 2.42 bits per heavy atom. The molecule has 0 aromatic heterocycles. The fourth-order valence-corrected chi connectivity index (χ4v) is 3.82. The number of benzene rings is 1. The van der Waals surface area contributed by atoms with Gasteiger partial charge in [-0.1, -0.05) is 63.9 Å². The minimum Gasteiger partial charge on any atom is -0.314 e. The Kier molecular flexibility index (Phi) is 5.45. The van der Waals surface area contributed by atoms with Crippen LogP contribution < -0.4 is 5.32 Å². The van der Waals surface area contributed by atoms with Crippen LogP contribution in [0.25, 0.3) is 0 Å². The van der Waals surface area contributed by atoms with E-state index in [0.29, 0.717) is 12.0 Å². The zero-order chi connectivity index (χ0) is 13.7. The monoisotopic (exact) mass is 259 g/mol. The minimum absolute atomic E-state index is 0.663. The summed E-state index contributed by atoms with van der Waals surface area (Å²) in [6.07, 6.45) is 5.55. The van der Waals surface area contributed by atoms with Gasteiger partial charge in [-0.3, -0.25) is 0 Å². The summed E-state index contributed by atoms with van der Waals surface area (Å²) in [5, 5.41) is 3.75. The third-order valence-corrected chi connectivity index (χ3v) is 4.67. The zero-order valence-electron chi connectivity index (χ0n) is 12.7. The highest BCUT2D eigenvalue weighted by Gasteiger charge is 2.33. The summed E-state index contributed by atoms with van der Waals surface area (Å²) in [7, 11) is 0. The highest BCUT2D eigenvalue weighted by atomic mass is 14.9. The largest absolute Gasteiger partial charge is 0.314 e. The van der Waals surface area contributed by atoms with Crippen molar-refractivity contribution in [3.8, 4) is 0 Å². The lowest BCUT2D eigenvalue weighted by atomic mass is 9.70. The summed E-state index contributed by atoms with van der Waals surface area (Å²) in [4.78, 5) is 0. The molecular formula is C18H29N. The van der Waals surface area contributed by atoms with Crippen molar-refractivity contribution in [2.24, 2.45) is 11.8 Å². The van der Waals surface area contributed by atoms with Crippen LogP contribution in [0, 0.1) is 11.8 Å². The van der Waals surface area contributed by atoms with E-state index in [0.717, 1.165) is 18.4 Å². The van der Waals surface area contributed by atoms with Crippen molar-refractivity contribution in [3.63, 3.8) is 0 Å². The van der Waals surface area contributed by atoms with Crippen molar-refractivity contribution >= 4 is 0 Å². The van der Waals surface area contributed by atoms with Gasteiger partial charge in [-0.2, -0.15) is 0 Å². The quantitative estimate of drug-likeness (QED) is 0.815. The van der Waals surface area contributed by atoms with Crippen LogP contribution in [-0.2, 0) is 0 Å². The fraction of sp³-hybridized carbons (Fsp3) is 0.667. The third-order valence-electron chi connectivity index (χ3n) is 4.67. The Morgan fingerprint density at radius 1 is 1.11 bits per heavy atom. The van der Waals surface area contributed by atoms with E-state index >= 15 is 0 Å². The Hall–Kier alpha value is -0.820. The molecule has 1 aliphatic rings. The molecule has 1 nitrogen and oxygen atoms in total. The lowest BCUT2D eigenvalue weighted by Crippen LogP contribution is -2.43. The average molecular weight is 259 g/mol. The molecule has 1 heteroatoms. The molecule has 1 saturated carbocycles. The summed E-state index contributed by atoms with van der Waals surface area (Å²) < 4.78 is 0. The van der Waals surface area contributed by atoms with Crippen LogP contribution in [0.1, 0.15) is 57.9 Å². The summed E-state index contributed by atoms with van der Waals surface area (Å²) in [5.74, 6) is 2.27. The molecule has 0 radical (unpaired) electrons. The summed E-state index contributed by atoms with van der Waals surface area (Å²) >= 11 is 0. The minimum atomic E-state index is 0.663. The second kappa shape index (κ2) is 7.09. The molecular weight excluding hydrogens is 230 g/mol. The molecule has 1 aliphatic carbocycles. The van der Waals surface area contributed by atoms with Gasteiger partial charge in [0.15, 0.2) is 0 Å². The van der Waals surface area contributed by atoms with E-state index in [9.17, 15) is 0 Å². The standard InChI is InChI=1S/C18H29N/c1-4-19-18(14(2)3)17-13-9-8-12-16(17)15-10-6-5-7-11-15/h5-7,10-11,14,16-19H,4,8-9,12-13H2,1-3H3. The van der Waals surface area contributed by atoms with Gasteiger partial charge >= 0.3 is 0 Å². The SMILES string of the molecule is CCNC(C(C)C)C1CCCCC1c1ccccc1. The smallest absolute Gasteiger partial charge is 0.0124 e. The normalized spacial score (nSPS) is 25.5. The van der Waals surface area contributed by atoms with Crippen molar-refractivity contribution in [2.75, 3.05) is 6.54 Å². The summed E-state index contributed by atoms with van der Waals surface area (Å²) in [6, 6.07) is 11.8. The first-order valence-corrected chi connectivity index (χ1v) is 8.02. The first-order valence-electron chi connectivity index (χ1n) is 8.02. The van der Waals surface area contributed by atoms with Gasteiger partial charge in [0.05, 0.1) is 0 Å². The number of hydrogen-bond donors (Lipinski definition) is 1. The molecule has 0 bridgehead atoms. The summed E-state index contributed by atoms with van der Waals surface area (Å²) in [6.45, 7) is 8.05. The first-order chi connectivity index (χ1) is 9.24. The zero-order valence-corrected chi connectivity index (χ0v) is 12.7. The second-order valence-corrected chi connectivity index (χ2v) is 6.29. The van der Waals surface area contributed by atoms with Gasteiger partial charge in [-0.15, -0.1) is 0 Å². The van der Waals surface area contributed by atoms with Crippen LogP contribution in [0.5, 0.6) is 0 Å². The van der Waals surface area contributed by atoms with Gasteiger partial charge in [0.25, 0.3) is 0 Å². The molecule has 1 N–H and O–H groups in total. The maximum Gasteiger partial charge on any atom is 0.0124 e. The van der Waals surface area contributed by atoms with E-state index in [2.05, 4.69) is 56.4 Å². The lowest BCUT2D eigenvalue weighted by Gasteiger charge is -2.40. The van der Waals surface area contributed by atoms with Crippen LogP contribution in [-0.4, -0.2) is 12.6 Å². The predicted molar refractivity (Wildman–Crippen MR) is 83.4 cm³/mol. The Bertz CT molecular complexity index is 357. The molecule has 1 aromatic carbocycles. The molecule has 19 heavy (non-hydrogen) atoms. The maximum absolute atomic E-state index is 3.75.